The maximum atomic E-state index is 13.5. The topological polar surface area (TPSA) is 55.1 Å². The lowest BCUT2D eigenvalue weighted by molar-refractivity contribution is 0.364. The molecule has 1 saturated heterocycles. The maximum absolute atomic E-state index is 13.5. The Morgan fingerprint density at radius 2 is 2.27 bits per heavy atom. The average molecular weight is 304 g/mol. The summed E-state index contributed by atoms with van der Waals surface area (Å²) in [4.78, 5) is 6.33. The zero-order chi connectivity index (χ0) is 15.5. The van der Waals surface area contributed by atoms with Crippen LogP contribution in [0.2, 0.25) is 0 Å². The number of hydrogen-bond acceptors (Lipinski definition) is 5. The van der Waals surface area contributed by atoms with Crippen LogP contribution in [0.15, 0.2) is 22.7 Å². The molecule has 2 aromatic rings. The van der Waals surface area contributed by atoms with E-state index in [2.05, 4.69) is 29.0 Å². The van der Waals surface area contributed by atoms with Crippen LogP contribution in [0.3, 0.4) is 0 Å². The molecule has 0 spiro atoms. The molecule has 1 fully saturated rings. The van der Waals surface area contributed by atoms with E-state index in [9.17, 15) is 4.39 Å². The van der Waals surface area contributed by atoms with Gasteiger partial charge < -0.3 is 9.32 Å². The number of pyridine rings is 1. The van der Waals surface area contributed by atoms with E-state index in [1.54, 1.807) is 6.20 Å². The Bertz CT molecular complexity index is 628. The molecule has 22 heavy (non-hydrogen) atoms. The van der Waals surface area contributed by atoms with Crippen LogP contribution in [-0.2, 0) is 6.42 Å². The first-order valence-corrected chi connectivity index (χ1v) is 7.80. The molecule has 0 N–H and O–H groups in total. The quantitative estimate of drug-likeness (QED) is 0.848. The smallest absolute Gasteiger partial charge is 0.251 e. The first-order chi connectivity index (χ1) is 10.6. The van der Waals surface area contributed by atoms with Crippen LogP contribution in [-0.4, -0.2) is 34.4 Å². The second-order valence-electron chi connectivity index (χ2n) is 6.14. The fourth-order valence-corrected chi connectivity index (χ4v) is 2.60. The van der Waals surface area contributed by atoms with Gasteiger partial charge in [0.15, 0.2) is 0 Å². The van der Waals surface area contributed by atoms with Crippen molar-refractivity contribution in [3.05, 3.63) is 24.2 Å². The van der Waals surface area contributed by atoms with Gasteiger partial charge in [-0.1, -0.05) is 13.8 Å². The SMILES string of the molecule is CC(C)CCc1nnc(-c2cccnc2N2CCC(F)C2)o1. The van der Waals surface area contributed by atoms with Gasteiger partial charge in [0.1, 0.15) is 12.0 Å². The van der Waals surface area contributed by atoms with E-state index < -0.39 is 6.17 Å². The first kappa shape index (κ1) is 14.9. The van der Waals surface area contributed by atoms with Crippen molar-refractivity contribution in [2.75, 3.05) is 18.0 Å². The Labute approximate surface area is 129 Å². The molecule has 0 aliphatic carbocycles. The van der Waals surface area contributed by atoms with Crippen LogP contribution in [0.1, 0.15) is 32.6 Å². The normalized spacial score (nSPS) is 18.4. The van der Waals surface area contributed by atoms with Gasteiger partial charge in [-0.15, -0.1) is 10.2 Å². The van der Waals surface area contributed by atoms with E-state index in [1.165, 1.54) is 0 Å². The molecule has 0 aromatic carbocycles. The number of aryl methyl sites for hydroxylation is 1. The van der Waals surface area contributed by atoms with Crippen LogP contribution >= 0.6 is 0 Å². The summed E-state index contributed by atoms with van der Waals surface area (Å²) in [6.07, 6.45) is 3.24. The molecule has 3 heterocycles. The van der Waals surface area contributed by atoms with E-state index in [0.717, 1.165) is 24.2 Å². The molecule has 1 aliphatic heterocycles. The van der Waals surface area contributed by atoms with Crippen molar-refractivity contribution in [1.29, 1.82) is 0 Å². The Morgan fingerprint density at radius 3 is 3.00 bits per heavy atom. The summed E-state index contributed by atoms with van der Waals surface area (Å²) in [6, 6.07) is 3.73. The Kier molecular flexibility index (Phi) is 4.36. The third-order valence-electron chi connectivity index (χ3n) is 3.85. The van der Waals surface area contributed by atoms with E-state index >= 15 is 0 Å². The number of alkyl halides is 1. The van der Waals surface area contributed by atoms with E-state index in [4.69, 9.17) is 4.42 Å². The molecule has 0 saturated carbocycles. The van der Waals surface area contributed by atoms with Crippen molar-refractivity contribution >= 4 is 5.82 Å². The van der Waals surface area contributed by atoms with E-state index in [1.807, 2.05) is 17.0 Å². The minimum atomic E-state index is -0.792. The summed E-state index contributed by atoms with van der Waals surface area (Å²) in [7, 11) is 0. The monoisotopic (exact) mass is 304 g/mol. The van der Waals surface area contributed by atoms with Gasteiger partial charge in [-0.05, 0) is 30.9 Å². The lowest BCUT2D eigenvalue weighted by Gasteiger charge is -2.18. The van der Waals surface area contributed by atoms with Gasteiger partial charge in [0.25, 0.3) is 5.89 Å². The summed E-state index contributed by atoms with van der Waals surface area (Å²) in [5.74, 6) is 2.42. The van der Waals surface area contributed by atoms with Gasteiger partial charge in [0, 0.05) is 19.2 Å². The Balaban J connectivity index is 1.83. The van der Waals surface area contributed by atoms with Crippen LogP contribution < -0.4 is 4.90 Å². The lowest BCUT2D eigenvalue weighted by atomic mass is 10.1. The van der Waals surface area contributed by atoms with Gasteiger partial charge in [-0.3, -0.25) is 0 Å². The molecule has 1 aliphatic rings. The van der Waals surface area contributed by atoms with Gasteiger partial charge in [0.2, 0.25) is 5.89 Å². The van der Waals surface area contributed by atoms with Crippen molar-refractivity contribution in [1.82, 2.24) is 15.2 Å². The zero-order valence-corrected chi connectivity index (χ0v) is 13.0. The number of rotatable bonds is 5. The molecule has 3 rings (SSSR count). The predicted molar refractivity (Wildman–Crippen MR) is 82.4 cm³/mol. The minimum absolute atomic E-state index is 0.373. The largest absolute Gasteiger partial charge is 0.421 e. The molecule has 1 atom stereocenters. The molecule has 6 heteroatoms. The molecular formula is C16H21FN4O. The van der Waals surface area contributed by atoms with Crippen molar-refractivity contribution in [2.45, 2.75) is 39.3 Å². The number of nitrogens with zero attached hydrogens (tertiary/aromatic N) is 4. The van der Waals surface area contributed by atoms with E-state index in [0.29, 0.717) is 37.2 Å². The van der Waals surface area contributed by atoms with Crippen LogP contribution in [0, 0.1) is 5.92 Å². The van der Waals surface area contributed by atoms with Crippen molar-refractivity contribution in [3.63, 3.8) is 0 Å². The third kappa shape index (κ3) is 3.26. The summed E-state index contributed by atoms with van der Waals surface area (Å²) in [6.45, 7) is 5.37. The van der Waals surface area contributed by atoms with E-state index in [-0.39, 0.29) is 0 Å². The lowest BCUT2D eigenvalue weighted by Crippen LogP contribution is -2.21. The summed E-state index contributed by atoms with van der Waals surface area (Å²) >= 11 is 0. The van der Waals surface area contributed by atoms with Gasteiger partial charge >= 0.3 is 0 Å². The highest BCUT2D eigenvalue weighted by Crippen LogP contribution is 2.30. The maximum Gasteiger partial charge on any atom is 0.251 e. The highest BCUT2D eigenvalue weighted by atomic mass is 19.1. The fraction of sp³-hybridized carbons (Fsp3) is 0.562. The van der Waals surface area contributed by atoms with Crippen molar-refractivity contribution in [2.24, 2.45) is 5.92 Å². The summed E-state index contributed by atoms with van der Waals surface area (Å²) < 4.78 is 19.2. The molecule has 1 unspecified atom stereocenters. The molecule has 0 bridgehead atoms. The molecule has 0 radical (unpaired) electrons. The molecular weight excluding hydrogens is 283 g/mol. The van der Waals surface area contributed by atoms with Gasteiger partial charge in [-0.25, -0.2) is 9.37 Å². The highest BCUT2D eigenvalue weighted by Gasteiger charge is 2.26. The second kappa shape index (κ2) is 6.42. The number of anilines is 1. The third-order valence-corrected chi connectivity index (χ3v) is 3.85. The Morgan fingerprint density at radius 1 is 1.41 bits per heavy atom. The molecule has 118 valence electrons. The van der Waals surface area contributed by atoms with Crippen LogP contribution in [0.5, 0.6) is 0 Å². The molecule has 2 aromatic heterocycles. The first-order valence-electron chi connectivity index (χ1n) is 7.80. The van der Waals surface area contributed by atoms with Gasteiger partial charge in [-0.2, -0.15) is 0 Å². The average Bonchev–Trinajstić information content (AvgIpc) is 3.14. The fourth-order valence-electron chi connectivity index (χ4n) is 2.60. The van der Waals surface area contributed by atoms with Crippen molar-refractivity contribution in [3.8, 4) is 11.5 Å². The zero-order valence-electron chi connectivity index (χ0n) is 13.0. The molecule has 0 amide bonds. The second-order valence-corrected chi connectivity index (χ2v) is 6.14. The van der Waals surface area contributed by atoms with Crippen LogP contribution in [0.25, 0.3) is 11.5 Å². The number of halogens is 1. The van der Waals surface area contributed by atoms with Gasteiger partial charge in [0.05, 0.1) is 12.1 Å². The van der Waals surface area contributed by atoms with Crippen LogP contribution in [0.4, 0.5) is 10.2 Å². The summed E-state index contributed by atoms with van der Waals surface area (Å²) in [5, 5.41) is 8.25. The minimum Gasteiger partial charge on any atom is -0.421 e. The predicted octanol–water partition coefficient (Wildman–Crippen LogP) is 3.27. The number of aromatic nitrogens is 3. The Hall–Kier alpha value is -1.98. The summed E-state index contributed by atoms with van der Waals surface area (Å²) in [5.41, 5.74) is 0.778. The highest BCUT2D eigenvalue weighted by molar-refractivity contribution is 5.69. The molecule has 5 nitrogen and oxygen atoms in total. The standard InChI is InChI=1S/C16H21FN4O/c1-11(2)5-6-14-19-20-16(22-14)13-4-3-8-18-15(13)21-9-7-12(17)10-21/h3-4,8,11-12H,5-7,9-10H2,1-2H3. The number of hydrogen-bond donors (Lipinski definition) is 0. The van der Waals surface area contributed by atoms with Crippen molar-refractivity contribution < 1.29 is 8.81 Å².